The summed E-state index contributed by atoms with van der Waals surface area (Å²) in [6, 6.07) is 36.9. The fourth-order valence-corrected chi connectivity index (χ4v) is 5.18. The molecule has 200 valence electrons. The third-order valence-corrected chi connectivity index (χ3v) is 7.47. The Morgan fingerprint density at radius 2 is 1.26 bits per heavy atom. The number of ether oxygens (including phenoxy) is 2. The van der Waals surface area contributed by atoms with E-state index >= 15 is 0 Å². The Kier molecular flexibility index (Phi) is 9.30. The van der Waals surface area contributed by atoms with Crippen molar-refractivity contribution in [1.82, 2.24) is 4.90 Å². The molecule has 4 aromatic rings. The fraction of sp³-hybridized carbons (Fsp3) is 0.286. The molecule has 4 nitrogen and oxygen atoms in total. The van der Waals surface area contributed by atoms with E-state index in [9.17, 15) is 4.79 Å². The number of aryl methyl sites for hydroxylation is 1. The van der Waals surface area contributed by atoms with Crippen molar-refractivity contribution < 1.29 is 14.3 Å². The van der Waals surface area contributed by atoms with Crippen molar-refractivity contribution >= 4 is 5.91 Å². The number of piperidine rings is 1. The van der Waals surface area contributed by atoms with Gasteiger partial charge in [-0.2, -0.15) is 0 Å². The van der Waals surface area contributed by atoms with Crippen LogP contribution in [0.5, 0.6) is 11.5 Å². The molecule has 5 rings (SSSR count). The Morgan fingerprint density at radius 1 is 0.692 bits per heavy atom. The van der Waals surface area contributed by atoms with Gasteiger partial charge < -0.3 is 14.4 Å². The molecular weight excluding hydrogens is 482 g/mol. The average Bonchev–Trinajstić information content (AvgIpc) is 3.00. The maximum absolute atomic E-state index is 13.1. The van der Waals surface area contributed by atoms with Crippen LogP contribution < -0.4 is 9.47 Å². The summed E-state index contributed by atoms with van der Waals surface area (Å²) in [4.78, 5) is 15.2. The van der Waals surface area contributed by atoms with Crippen molar-refractivity contribution in [2.75, 3.05) is 13.1 Å². The first-order chi connectivity index (χ1) is 19.2. The molecule has 0 unspecified atom stereocenters. The largest absolute Gasteiger partial charge is 0.489 e. The summed E-state index contributed by atoms with van der Waals surface area (Å²) in [5, 5.41) is 0. The van der Waals surface area contributed by atoms with Gasteiger partial charge in [0.05, 0.1) is 0 Å². The van der Waals surface area contributed by atoms with Gasteiger partial charge in [0.1, 0.15) is 24.7 Å². The Bertz CT molecular complexity index is 1300. The molecule has 1 amide bonds. The molecule has 0 aliphatic carbocycles. The lowest BCUT2D eigenvalue weighted by Crippen LogP contribution is -2.39. The maximum Gasteiger partial charge on any atom is 0.222 e. The second kappa shape index (κ2) is 13.7. The molecule has 0 atom stereocenters. The van der Waals surface area contributed by atoms with Crippen LogP contribution in [0.3, 0.4) is 0 Å². The van der Waals surface area contributed by atoms with E-state index in [-0.39, 0.29) is 5.91 Å². The molecule has 4 aromatic carbocycles. The van der Waals surface area contributed by atoms with Crippen LogP contribution in [0.4, 0.5) is 0 Å². The third kappa shape index (κ3) is 7.97. The molecule has 0 bridgehead atoms. The molecule has 0 aromatic heterocycles. The minimum Gasteiger partial charge on any atom is -0.489 e. The zero-order valence-corrected chi connectivity index (χ0v) is 22.5. The highest BCUT2D eigenvalue weighted by Gasteiger charge is 2.23. The summed E-state index contributed by atoms with van der Waals surface area (Å²) in [6.45, 7) is 2.66. The molecular formula is C35H37NO3. The summed E-state index contributed by atoms with van der Waals surface area (Å²) in [6.07, 6.45) is 4.36. The van der Waals surface area contributed by atoms with E-state index in [0.29, 0.717) is 32.0 Å². The Hall–Kier alpha value is -4.05. The van der Waals surface area contributed by atoms with Crippen LogP contribution in [0.25, 0.3) is 0 Å². The number of hydrogen-bond donors (Lipinski definition) is 0. The molecule has 0 radical (unpaired) electrons. The molecule has 1 aliphatic rings. The summed E-state index contributed by atoms with van der Waals surface area (Å²) >= 11 is 0. The van der Waals surface area contributed by atoms with Crippen LogP contribution in [0.15, 0.2) is 109 Å². The standard InChI is InChI=1S/C35H37NO3/c37-35(36-22-20-29(21-23-36)24-28-10-4-1-5-11-28)19-17-32-16-18-33(38-26-30-12-6-2-7-13-30)25-34(32)39-27-31-14-8-3-9-15-31/h1-16,18,25,29H,17,19-24,26-27H2. The van der Waals surface area contributed by atoms with Gasteiger partial charge >= 0.3 is 0 Å². The molecule has 1 fully saturated rings. The van der Waals surface area contributed by atoms with Gasteiger partial charge in [-0.3, -0.25) is 4.79 Å². The van der Waals surface area contributed by atoms with Crippen molar-refractivity contribution in [3.63, 3.8) is 0 Å². The average molecular weight is 520 g/mol. The Labute approximate surface area is 232 Å². The van der Waals surface area contributed by atoms with Crippen molar-refractivity contribution in [2.45, 2.75) is 45.3 Å². The zero-order valence-electron chi connectivity index (χ0n) is 22.5. The smallest absolute Gasteiger partial charge is 0.222 e. The van der Waals surface area contributed by atoms with Gasteiger partial charge in [-0.05, 0) is 59.9 Å². The van der Waals surface area contributed by atoms with Crippen LogP contribution in [-0.4, -0.2) is 23.9 Å². The maximum atomic E-state index is 13.1. The van der Waals surface area contributed by atoms with Crippen molar-refractivity contribution in [3.8, 4) is 11.5 Å². The first kappa shape index (κ1) is 26.6. The highest BCUT2D eigenvalue weighted by Crippen LogP contribution is 2.29. The van der Waals surface area contributed by atoms with E-state index in [1.54, 1.807) is 0 Å². The quantitative estimate of drug-likeness (QED) is 0.209. The number of nitrogens with zero attached hydrogens (tertiary/aromatic N) is 1. The lowest BCUT2D eigenvalue weighted by atomic mass is 9.90. The van der Waals surface area contributed by atoms with Crippen LogP contribution >= 0.6 is 0 Å². The van der Waals surface area contributed by atoms with Crippen LogP contribution in [0.1, 0.15) is 41.5 Å². The van der Waals surface area contributed by atoms with Gasteiger partial charge in [0, 0.05) is 25.6 Å². The number of hydrogen-bond acceptors (Lipinski definition) is 3. The third-order valence-electron chi connectivity index (χ3n) is 7.47. The summed E-state index contributed by atoms with van der Waals surface area (Å²) in [5.74, 6) is 2.42. The summed E-state index contributed by atoms with van der Waals surface area (Å²) < 4.78 is 12.3. The fourth-order valence-electron chi connectivity index (χ4n) is 5.18. The summed E-state index contributed by atoms with van der Waals surface area (Å²) in [7, 11) is 0. The minimum absolute atomic E-state index is 0.228. The lowest BCUT2D eigenvalue weighted by Gasteiger charge is -2.32. The number of carbonyl (C=O) groups is 1. The molecule has 0 saturated carbocycles. The first-order valence-electron chi connectivity index (χ1n) is 14.0. The van der Waals surface area contributed by atoms with Gasteiger partial charge in [-0.15, -0.1) is 0 Å². The predicted molar refractivity (Wildman–Crippen MR) is 156 cm³/mol. The molecule has 1 saturated heterocycles. The Balaban J connectivity index is 1.18. The second-order valence-corrected chi connectivity index (χ2v) is 10.3. The van der Waals surface area contributed by atoms with E-state index in [1.165, 1.54) is 5.56 Å². The molecule has 0 N–H and O–H groups in total. The Morgan fingerprint density at radius 3 is 1.87 bits per heavy atom. The number of rotatable bonds is 11. The number of likely N-dealkylation sites (tertiary alicyclic amines) is 1. The molecule has 4 heteroatoms. The van der Waals surface area contributed by atoms with E-state index in [0.717, 1.165) is 60.5 Å². The van der Waals surface area contributed by atoms with Gasteiger partial charge in [-0.1, -0.05) is 97.1 Å². The topological polar surface area (TPSA) is 38.8 Å². The molecule has 0 spiro atoms. The first-order valence-corrected chi connectivity index (χ1v) is 14.0. The van der Waals surface area contributed by atoms with Crippen LogP contribution in [0.2, 0.25) is 0 Å². The molecule has 1 heterocycles. The van der Waals surface area contributed by atoms with Gasteiger partial charge in [0.2, 0.25) is 5.91 Å². The summed E-state index contributed by atoms with van der Waals surface area (Å²) in [5.41, 5.74) is 4.65. The minimum atomic E-state index is 0.228. The normalized spacial score (nSPS) is 13.7. The number of amides is 1. The predicted octanol–water partition coefficient (Wildman–Crippen LogP) is 7.26. The van der Waals surface area contributed by atoms with Crippen LogP contribution in [-0.2, 0) is 30.8 Å². The second-order valence-electron chi connectivity index (χ2n) is 10.3. The monoisotopic (exact) mass is 519 g/mol. The van der Waals surface area contributed by atoms with E-state index in [2.05, 4.69) is 54.6 Å². The van der Waals surface area contributed by atoms with E-state index in [1.807, 2.05) is 59.5 Å². The van der Waals surface area contributed by atoms with Gasteiger partial charge in [-0.25, -0.2) is 0 Å². The zero-order chi connectivity index (χ0) is 26.7. The highest BCUT2D eigenvalue weighted by molar-refractivity contribution is 5.76. The van der Waals surface area contributed by atoms with Crippen LogP contribution in [0, 0.1) is 5.92 Å². The van der Waals surface area contributed by atoms with Gasteiger partial charge in [0.25, 0.3) is 0 Å². The molecule has 1 aliphatic heterocycles. The number of carbonyl (C=O) groups excluding carboxylic acids is 1. The lowest BCUT2D eigenvalue weighted by molar-refractivity contribution is -0.132. The van der Waals surface area contributed by atoms with E-state index in [4.69, 9.17) is 9.47 Å². The van der Waals surface area contributed by atoms with Crippen molar-refractivity contribution in [2.24, 2.45) is 5.92 Å². The highest BCUT2D eigenvalue weighted by atomic mass is 16.5. The van der Waals surface area contributed by atoms with Crippen molar-refractivity contribution in [3.05, 3.63) is 131 Å². The molecule has 39 heavy (non-hydrogen) atoms. The van der Waals surface area contributed by atoms with E-state index < -0.39 is 0 Å². The van der Waals surface area contributed by atoms with Gasteiger partial charge in [0.15, 0.2) is 0 Å². The number of benzene rings is 4. The SMILES string of the molecule is O=C(CCc1ccc(OCc2ccccc2)cc1OCc1ccccc1)N1CCC(Cc2ccccc2)CC1. The van der Waals surface area contributed by atoms with Crippen molar-refractivity contribution in [1.29, 1.82) is 0 Å².